The lowest BCUT2D eigenvalue weighted by atomic mass is 10.1. The third-order valence-corrected chi connectivity index (χ3v) is 6.20. The fourth-order valence-corrected chi connectivity index (χ4v) is 4.50. The van der Waals surface area contributed by atoms with E-state index in [1.165, 1.54) is 11.3 Å². The molecule has 156 valence electrons. The van der Waals surface area contributed by atoms with Crippen LogP contribution >= 0.6 is 11.6 Å². The Morgan fingerprint density at radius 3 is 2.48 bits per heavy atom. The number of fused-ring (bicyclic) bond motifs is 1. The number of aryl methyl sites for hydroxylation is 1. The van der Waals surface area contributed by atoms with E-state index in [0.717, 1.165) is 47.7 Å². The molecule has 0 spiro atoms. The van der Waals surface area contributed by atoms with Crippen molar-refractivity contribution < 1.29 is 0 Å². The van der Waals surface area contributed by atoms with Crippen LogP contribution in [0.25, 0.3) is 22.3 Å². The quantitative estimate of drug-likeness (QED) is 0.402. The molecule has 5 rings (SSSR count). The molecular weight excluding hydrogens is 404 g/mol. The number of hydrogen-bond donors (Lipinski definition) is 0. The van der Waals surface area contributed by atoms with Crippen molar-refractivity contribution in [1.82, 2.24) is 9.97 Å². The highest BCUT2D eigenvalue weighted by Crippen LogP contribution is 2.30. The van der Waals surface area contributed by atoms with Crippen molar-refractivity contribution in [2.75, 3.05) is 29.4 Å². The lowest BCUT2D eigenvalue weighted by Crippen LogP contribution is -2.52. The largest absolute Gasteiger partial charge is 0.365 e. The van der Waals surface area contributed by atoms with Crippen LogP contribution < -0.4 is 9.80 Å². The molecule has 2 heterocycles. The first-order chi connectivity index (χ1) is 15.1. The van der Waals surface area contributed by atoms with Crippen molar-refractivity contribution >= 4 is 34.0 Å². The van der Waals surface area contributed by atoms with Gasteiger partial charge in [0.2, 0.25) is 0 Å². The molecule has 1 aliphatic heterocycles. The molecule has 0 bridgehead atoms. The molecule has 31 heavy (non-hydrogen) atoms. The summed E-state index contributed by atoms with van der Waals surface area (Å²) in [5.74, 6) is 1.74. The minimum atomic E-state index is 0.378. The van der Waals surface area contributed by atoms with Gasteiger partial charge in [0, 0.05) is 47.3 Å². The van der Waals surface area contributed by atoms with Crippen LogP contribution in [0.15, 0.2) is 72.8 Å². The molecule has 4 nitrogen and oxygen atoms in total. The average Bonchev–Trinajstić information content (AvgIpc) is 2.79. The Labute approximate surface area is 188 Å². The monoisotopic (exact) mass is 428 g/mol. The SMILES string of the molecule is Cc1cccc(N2CCN(c3nc(-c4ccc(Cl)cc4)nc4ccccc34)C[C@H]2C)c1. The number of hydrogen-bond acceptors (Lipinski definition) is 4. The summed E-state index contributed by atoms with van der Waals surface area (Å²) in [4.78, 5) is 14.8. The molecule has 1 aliphatic rings. The highest BCUT2D eigenvalue weighted by Gasteiger charge is 2.26. The molecule has 0 aliphatic carbocycles. The van der Waals surface area contributed by atoms with E-state index in [9.17, 15) is 0 Å². The van der Waals surface area contributed by atoms with E-state index in [0.29, 0.717) is 11.1 Å². The normalized spacial score (nSPS) is 16.7. The highest BCUT2D eigenvalue weighted by molar-refractivity contribution is 6.30. The topological polar surface area (TPSA) is 32.3 Å². The Bertz CT molecular complexity index is 1220. The van der Waals surface area contributed by atoms with Crippen molar-refractivity contribution in [3.8, 4) is 11.4 Å². The second kappa shape index (κ2) is 8.20. The van der Waals surface area contributed by atoms with Crippen molar-refractivity contribution in [3.05, 3.63) is 83.4 Å². The fraction of sp³-hybridized carbons (Fsp3) is 0.231. The van der Waals surface area contributed by atoms with Gasteiger partial charge in [-0.2, -0.15) is 0 Å². The number of para-hydroxylation sites is 1. The van der Waals surface area contributed by atoms with Crippen molar-refractivity contribution in [2.45, 2.75) is 19.9 Å². The zero-order valence-electron chi connectivity index (χ0n) is 17.8. The molecule has 1 saturated heterocycles. The van der Waals surface area contributed by atoms with Crippen LogP contribution in [0.4, 0.5) is 11.5 Å². The van der Waals surface area contributed by atoms with Gasteiger partial charge >= 0.3 is 0 Å². The van der Waals surface area contributed by atoms with Gasteiger partial charge < -0.3 is 9.80 Å². The zero-order chi connectivity index (χ0) is 21.4. The molecule has 0 amide bonds. The summed E-state index contributed by atoms with van der Waals surface area (Å²) in [5.41, 5.74) is 4.53. The summed E-state index contributed by atoms with van der Waals surface area (Å²) >= 11 is 6.08. The fourth-order valence-electron chi connectivity index (χ4n) is 4.37. The number of halogens is 1. The van der Waals surface area contributed by atoms with Crippen LogP contribution in [0.2, 0.25) is 5.02 Å². The van der Waals surface area contributed by atoms with Gasteiger partial charge in [0.25, 0.3) is 0 Å². The Balaban J connectivity index is 1.50. The summed E-state index contributed by atoms with van der Waals surface area (Å²) in [7, 11) is 0. The van der Waals surface area contributed by atoms with E-state index >= 15 is 0 Å². The van der Waals surface area contributed by atoms with E-state index in [4.69, 9.17) is 21.6 Å². The van der Waals surface area contributed by atoms with E-state index < -0.39 is 0 Å². The van der Waals surface area contributed by atoms with Gasteiger partial charge in [-0.05, 0) is 67.9 Å². The number of anilines is 2. The first kappa shape index (κ1) is 19.8. The molecule has 0 N–H and O–H groups in total. The minimum Gasteiger partial charge on any atom is -0.365 e. The molecule has 1 aromatic heterocycles. The van der Waals surface area contributed by atoms with Crippen LogP contribution in [0.5, 0.6) is 0 Å². The smallest absolute Gasteiger partial charge is 0.162 e. The van der Waals surface area contributed by atoms with Crippen LogP contribution in [0, 0.1) is 6.92 Å². The Morgan fingerprint density at radius 1 is 0.903 bits per heavy atom. The molecule has 0 unspecified atom stereocenters. The maximum absolute atomic E-state index is 6.08. The highest BCUT2D eigenvalue weighted by atomic mass is 35.5. The van der Waals surface area contributed by atoms with Crippen molar-refractivity contribution in [3.63, 3.8) is 0 Å². The van der Waals surface area contributed by atoms with Crippen LogP contribution in [0.1, 0.15) is 12.5 Å². The van der Waals surface area contributed by atoms with Crippen LogP contribution in [-0.4, -0.2) is 35.6 Å². The number of piperazine rings is 1. The van der Waals surface area contributed by atoms with Crippen LogP contribution in [0.3, 0.4) is 0 Å². The molecule has 1 fully saturated rings. The van der Waals surface area contributed by atoms with Gasteiger partial charge in [-0.15, -0.1) is 0 Å². The maximum Gasteiger partial charge on any atom is 0.162 e. The molecule has 0 saturated carbocycles. The van der Waals surface area contributed by atoms with E-state index in [2.05, 4.69) is 66.1 Å². The van der Waals surface area contributed by atoms with Crippen molar-refractivity contribution in [2.24, 2.45) is 0 Å². The molecule has 0 radical (unpaired) electrons. The van der Waals surface area contributed by atoms with Gasteiger partial charge in [0.05, 0.1) is 5.52 Å². The Hall–Kier alpha value is -3.11. The number of benzene rings is 3. The second-order valence-electron chi connectivity index (χ2n) is 8.22. The van der Waals surface area contributed by atoms with Gasteiger partial charge in [-0.25, -0.2) is 9.97 Å². The van der Waals surface area contributed by atoms with Gasteiger partial charge in [0.1, 0.15) is 5.82 Å². The molecule has 3 aromatic carbocycles. The lowest BCUT2D eigenvalue weighted by molar-refractivity contribution is 0.548. The van der Waals surface area contributed by atoms with E-state index in [-0.39, 0.29) is 0 Å². The van der Waals surface area contributed by atoms with Gasteiger partial charge in [-0.1, -0.05) is 35.9 Å². The van der Waals surface area contributed by atoms with E-state index in [1.807, 2.05) is 30.3 Å². The molecule has 4 aromatic rings. The van der Waals surface area contributed by atoms with Crippen LogP contribution in [-0.2, 0) is 0 Å². The molecule has 5 heteroatoms. The zero-order valence-corrected chi connectivity index (χ0v) is 18.5. The second-order valence-corrected chi connectivity index (χ2v) is 8.66. The average molecular weight is 429 g/mol. The first-order valence-corrected chi connectivity index (χ1v) is 11.1. The van der Waals surface area contributed by atoms with Gasteiger partial charge in [0.15, 0.2) is 5.82 Å². The summed E-state index contributed by atoms with van der Waals surface area (Å²) in [6.45, 7) is 7.22. The minimum absolute atomic E-state index is 0.378. The number of nitrogens with zero attached hydrogens (tertiary/aromatic N) is 4. The third kappa shape index (κ3) is 3.96. The standard InChI is InChI=1S/C26H25ClN4/c1-18-6-5-7-22(16-18)31-15-14-30(17-19(31)2)26-23-8-3-4-9-24(23)28-25(29-26)20-10-12-21(27)13-11-20/h3-13,16,19H,14-15,17H2,1-2H3/t19-/m1/s1. The first-order valence-electron chi connectivity index (χ1n) is 10.7. The third-order valence-electron chi connectivity index (χ3n) is 5.95. The predicted octanol–water partition coefficient (Wildman–Crippen LogP) is 5.97. The maximum atomic E-state index is 6.08. The Kier molecular flexibility index (Phi) is 5.24. The van der Waals surface area contributed by atoms with Gasteiger partial charge in [-0.3, -0.25) is 0 Å². The summed E-state index contributed by atoms with van der Waals surface area (Å²) in [6.07, 6.45) is 0. The number of rotatable bonds is 3. The van der Waals surface area contributed by atoms with Crippen molar-refractivity contribution in [1.29, 1.82) is 0 Å². The molecule has 1 atom stereocenters. The Morgan fingerprint density at radius 2 is 1.71 bits per heavy atom. The number of aromatic nitrogens is 2. The lowest BCUT2D eigenvalue weighted by Gasteiger charge is -2.42. The predicted molar refractivity (Wildman–Crippen MR) is 130 cm³/mol. The van der Waals surface area contributed by atoms with E-state index in [1.54, 1.807) is 0 Å². The summed E-state index contributed by atoms with van der Waals surface area (Å²) in [5, 5.41) is 1.81. The summed E-state index contributed by atoms with van der Waals surface area (Å²) < 4.78 is 0. The molecular formula is C26H25ClN4. The summed E-state index contributed by atoms with van der Waals surface area (Å²) in [6, 6.07) is 25.1.